The summed E-state index contributed by atoms with van der Waals surface area (Å²) in [5, 5.41) is 0. The van der Waals surface area contributed by atoms with Gasteiger partial charge in [0.15, 0.2) is 5.82 Å². The Hall–Kier alpha value is -2.12. The number of aromatic nitrogens is 4. The Morgan fingerprint density at radius 1 is 1.08 bits per heavy atom. The summed E-state index contributed by atoms with van der Waals surface area (Å²) in [5.41, 5.74) is 4.72. The van der Waals surface area contributed by atoms with Gasteiger partial charge in [0.05, 0.1) is 21.0 Å². The number of pyridine rings is 1. The predicted octanol–water partition coefficient (Wildman–Crippen LogP) is 4.43. The maximum absolute atomic E-state index is 4.69. The number of fused-ring (bicyclic) bond motifs is 3. The van der Waals surface area contributed by atoms with Crippen LogP contribution in [0.5, 0.6) is 0 Å². The lowest BCUT2D eigenvalue weighted by Gasteiger charge is -2.63. The molecule has 25 heavy (non-hydrogen) atoms. The first-order valence-electron chi connectivity index (χ1n) is 8.49. The van der Waals surface area contributed by atoms with Crippen LogP contribution >= 0.6 is 22.7 Å². The molecule has 1 atom stereocenters. The van der Waals surface area contributed by atoms with Crippen LogP contribution in [0.15, 0.2) is 36.4 Å². The first-order chi connectivity index (χ1) is 12.4. The van der Waals surface area contributed by atoms with Crippen molar-refractivity contribution in [1.82, 2.24) is 19.9 Å². The summed E-state index contributed by atoms with van der Waals surface area (Å²) in [5.74, 6) is 1.07. The topological polar surface area (TPSA) is 54.8 Å². The largest absolute Gasteiger partial charge is 0.347 e. The molecule has 2 aliphatic rings. The molecule has 124 valence electrons. The Balaban J connectivity index is 1.51. The molecule has 0 N–H and O–H groups in total. The zero-order valence-electron chi connectivity index (χ0n) is 13.4. The Labute approximate surface area is 152 Å². The van der Waals surface area contributed by atoms with E-state index in [-0.39, 0.29) is 0 Å². The molecule has 5 heterocycles. The van der Waals surface area contributed by atoms with Gasteiger partial charge in [-0.25, -0.2) is 15.0 Å². The van der Waals surface area contributed by atoms with Gasteiger partial charge in [0, 0.05) is 24.4 Å². The van der Waals surface area contributed by atoms with Crippen LogP contribution < -0.4 is 4.90 Å². The van der Waals surface area contributed by atoms with E-state index in [2.05, 4.69) is 37.0 Å². The van der Waals surface area contributed by atoms with Crippen LogP contribution in [0.1, 0.15) is 30.9 Å². The molecule has 1 aliphatic carbocycles. The zero-order valence-corrected chi connectivity index (χ0v) is 15.1. The van der Waals surface area contributed by atoms with Crippen LogP contribution in [-0.2, 0) is 0 Å². The molecule has 1 saturated heterocycles. The second-order valence-corrected chi connectivity index (χ2v) is 8.84. The average molecular weight is 365 g/mol. The Kier molecular flexibility index (Phi) is 2.79. The second-order valence-electron chi connectivity index (χ2n) is 6.99. The van der Waals surface area contributed by atoms with Gasteiger partial charge >= 0.3 is 0 Å². The minimum Gasteiger partial charge on any atom is -0.347 e. The number of rotatable bonds is 2. The quantitative estimate of drug-likeness (QED) is 0.526. The highest BCUT2D eigenvalue weighted by atomic mass is 32.1. The number of thiophene rings is 1. The van der Waals surface area contributed by atoms with E-state index in [1.165, 1.54) is 34.2 Å². The highest BCUT2D eigenvalue weighted by Crippen LogP contribution is 2.62. The summed E-state index contributed by atoms with van der Waals surface area (Å²) in [6, 6.07) is 4.71. The van der Waals surface area contributed by atoms with Crippen LogP contribution in [0.3, 0.4) is 0 Å². The van der Waals surface area contributed by atoms with Gasteiger partial charge in [0.1, 0.15) is 16.7 Å². The third-order valence-corrected chi connectivity index (χ3v) is 7.80. The molecular formula is C18H15N5S2. The van der Waals surface area contributed by atoms with Gasteiger partial charge in [0.25, 0.3) is 0 Å². The molecule has 5 nitrogen and oxygen atoms in total. The van der Waals surface area contributed by atoms with E-state index in [1.807, 2.05) is 17.9 Å². The van der Waals surface area contributed by atoms with Crippen molar-refractivity contribution in [3.05, 3.63) is 41.9 Å². The van der Waals surface area contributed by atoms with E-state index in [1.54, 1.807) is 29.0 Å². The summed E-state index contributed by atoms with van der Waals surface area (Å²) >= 11 is 3.38. The molecule has 1 spiro atoms. The SMILES string of the molecule is c1cc(C2N(c3ncnc4c3sc3ncsc34)CC23CCC3)ccn1. The fourth-order valence-electron chi connectivity index (χ4n) is 4.46. The van der Waals surface area contributed by atoms with Gasteiger partial charge in [-0.1, -0.05) is 6.42 Å². The van der Waals surface area contributed by atoms with Crippen molar-refractivity contribution in [1.29, 1.82) is 0 Å². The normalized spacial score (nSPS) is 21.6. The van der Waals surface area contributed by atoms with Gasteiger partial charge in [-0.3, -0.25) is 4.98 Å². The Morgan fingerprint density at radius 3 is 2.76 bits per heavy atom. The van der Waals surface area contributed by atoms with Crippen molar-refractivity contribution in [2.24, 2.45) is 5.41 Å². The standard InChI is InChI=1S/C18H15N5S2/c1-4-18(5-1)8-23(15(18)11-2-6-19-7-3-11)16-13-12(20-9-21-16)14-17(25-13)22-10-24-14/h2-3,6-7,9-10,15H,1,4-5,8H2. The fourth-order valence-corrected chi connectivity index (χ4v) is 6.55. The van der Waals surface area contributed by atoms with E-state index in [4.69, 9.17) is 0 Å². The highest BCUT2D eigenvalue weighted by molar-refractivity contribution is 7.31. The number of hydrogen-bond donors (Lipinski definition) is 0. The van der Waals surface area contributed by atoms with Crippen LogP contribution in [0.4, 0.5) is 5.82 Å². The zero-order chi connectivity index (χ0) is 16.4. The van der Waals surface area contributed by atoms with E-state index in [9.17, 15) is 0 Å². The first kappa shape index (κ1) is 14.1. The van der Waals surface area contributed by atoms with Crippen LogP contribution in [0, 0.1) is 5.41 Å². The van der Waals surface area contributed by atoms with Gasteiger partial charge in [-0.2, -0.15) is 0 Å². The molecule has 0 radical (unpaired) electrons. The molecule has 0 aromatic carbocycles. The van der Waals surface area contributed by atoms with E-state index in [0.717, 1.165) is 22.7 Å². The summed E-state index contributed by atoms with van der Waals surface area (Å²) in [6.45, 7) is 1.09. The van der Waals surface area contributed by atoms with Crippen molar-refractivity contribution >= 4 is 48.2 Å². The van der Waals surface area contributed by atoms with Gasteiger partial charge < -0.3 is 4.90 Å². The first-order valence-corrected chi connectivity index (χ1v) is 10.2. The number of nitrogens with zero attached hydrogens (tertiary/aromatic N) is 5. The summed E-state index contributed by atoms with van der Waals surface area (Å²) in [4.78, 5) is 21.4. The van der Waals surface area contributed by atoms with Gasteiger partial charge in [0.2, 0.25) is 0 Å². The summed E-state index contributed by atoms with van der Waals surface area (Å²) < 4.78 is 2.35. The number of anilines is 1. The number of hydrogen-bond acceptors (Lipinski definition) is 7. The molecule has 4 aromatic rings. The van der Waals surface area contributed by atoms with E-state index >= 15 is 0 Å². The van der Waals surface area contributed by atoms with Gasteiger partial charge in [-0.05, 0) is 30.5 Å². The summed E-state index contributed by atoms with van der Waals surface area (Å²) in [7, 11) is 0. The third-order valence-electron chi connectivity index (χ3n) is 5.75. The molecule has 0 amide bonds. The van der Waals surface area contributed by atoms with Crippen LogP contribution in [0.2, 0.25) is 0 Å². The van der Waals surface area contributed by atoms with Crippen LogP contribution in [-0.4, -0.2) is 26.5 Å². The Bertz CT molecular complexity index is 1080. The van der Waals surface area contributed by atoms with Gasteiger partial charge in [-0.15, -0.1) is 22.7 Å². The molecule has 4 aromatic heterocycles. The molecule has 2 fully saturated rings. The number of thiazole rings is 1. The monoisotopic (exact) mass is 365 g/mol. The Morgan fingerprint density at radius 2 is 1.96 bits per heavy atom. The molecular weight excluding hydrogens is 350 g/mol. The minimum absolute atomic E-state index is 0.399. The smallest absolute Gasteiger partial charge is 0.150 e. The predicted molar refractivity (Wildman–Crippen MR) is 101 cm³/mol. The summed E-state index contributed by atoms with van der Waals surface area (Å²) in [6.07, 6.45) is 9.47. The molecule has 1 saturated carbocycles. The lowest BCUT2D eigenvalue weighted by atomic mass is 9.56. The fraction of sp³-hybridized carbons (Fsp3) is 0.333. The van der Waals surface area contributed by atoms with Crippen molar-refractivity contribution < 1.29 is 0 Å². The van der Waals surface area contributed by atoms with Crippen molar-refractivity contribution in [2.75, 3.05) is 11.4 Å². The lowest BCUT2D eigenvalue weighted by Crippen LogP contribution is -2.62. The van der Waals surface area contributed by atoms with Crippen molar-refractivity contribution in [2.45, 2.75) is 25.3 Å². The molecule has 0 bridgehead atoms. The highest BCUT2D eigenvalue weighted by Gasteiger charge is 2.57. The molecule has 1 unspecified atom stereocenters. The second kappa shape index (κ2) is 4.95. The third kappa shape index (κ3) is 1.82. The molecule has 7 heteroatoms. The maximum Gasteiger partial charge on any atom is 0.150 e. The average Bonchev–Trinajstić information content (AvgIpc) is 3.15. The van der Waals surface area contributed by atoms with Crippen molar-refractivity contribution in [3.8, 4) is 0 Å². The van der Waals surface area contributed by atoms with E-state index < -0.39 is 0 Å². The molecule has 6 rings (SSSR count). The molecule has 1 aliphatic heterocycles. The van der Waals surface area contributed by atoms with Crippen LogP contribution in [0.25, 0.3) is 19.7 Å². The van der Waals surface area contributed by atoms with E-state index in [0.29, 0.717) is 11.5 Å². The minimum atomic E-state index is 0.399. The maximum atomic E-state index is 4.69. The lowest BCUT2D eigenvalue weighted by molar-refractivity contribution is 0.0279. The van der Waals surface area contributed by atoms with Crippen molar-refractivity contribution in [3.63, 3.8) is 0 Å².